The number of sulfonamides is 2. The quantitative estimate of drug-likeness (QED) is 0.584. The molecule has 2 aromatic carbocycles. The topological polar surface area (TPSA) is 149 Å². The van der Waals surface area contributed by atoms with Gasteiger partial charge in [0.15, 0.2) is 0 Å². The summed E-state index contributed by atoms with van der Waals surface area (Å²) in [5.41, 5.74) is -0.581. The summed E-state index contributed by atoms with van der Waals surface area (Å²) in [4.78, 5) is 9.31. The lowest BCUT2D eigenvalue weighted by Crippen LogP contribution is -2.16. The van der Waals surface area contributed by atoms with Crippen LogP contribution in [0.15, 0.2) is 52.3 Å². The molecule has 0 saturated heterocycles. The molecule has 12 heteroatoms. The van der Waals surface area contributed by atoms with Gasteiger partial charge in [0, 0.05) is 6.07 Å². The molecule has 2 rings (SSSR count). The van der Waals surface area contributed by atoms with E-state index in [1.165, 1.54) is 12.1 Å². The standard InChI is InChI=1S/C12H10ClN3O6S2/c13-11-5-4-8(6-12(11)16(17)18)15-24(21,22)10-3-1-2-9(7-10)23(14,19)20/h1-7,15H,(H2,14,19,20). The van der Waals surface area contributed by atoms with Gasteiger partial charge in [-0.05, 0) is 30.3 Å². The Morgan fingerprint density at radius 1 is 1.04 bits per heavy atom. The minimum Gasteiger partial charge on any atom is -0.279 e. The van der Waals surface area contributed by atoms with Crippen LogP contribution in [0.5, 0.6) is 0 Å². The van der Waals surface area contributed by atoms with Crippen LogP contribution in [0, 0.1) is 10.1 Å². The van der Waals surface area contributed by atoms with Crippen LogP contribution < -0.4 is 9.86 Å². The number of hydrogen-bond donors (Lipinski definition) is 2. The minimum atomic E-state index is -4.19. The molecule has 0 aliphatic rings. The van der Waals surface area contributed by atoms with Gasteiger partial charge in [0.25, 0.3) is 15.7 Å². The summed E-state index contributed by atoms with van der Waals surface area (Å²) in [7, 11) is -8.27. The van der Waals surface area contributed by atoms with Gasteiger partial charge in [-0.15, -0.1) is 0 Å². The SMILES string of the molecule is NS(=O)(=O)c1cccc(S(=O)(=O)Nc2ccc(Cl)c([N+](=O)[O-])c2)c1. The maximum absolute atomic E-state index is 12.3. The molecule has 0 heterocycles. The molecule has 0 amide bonds. The Morgan fingerprint density at radius 3 is 2.25 bits per heavy atom. The predicted molar refractivity (Wildman–Crippen MR) is 86.7 cm³/mol. The Morgan fingerprint density at radius 2 is 1.67 bits per heavy atom. The van der Waals surface area contributed by atoms with Gasteiger partial charge in [-0.3, -0.25) is 14.8 Å². The van der Waals surface area contributed by atoms with E-state index in [2.05, 4.69) is 4.72 Å². The lowest BCUT2D eigenvalue weighted by atomic mass is 10.3. The molecule has 0 aliphatic carbocycles. The molecule has 0 atom stereocenters. The zero-order valence-electron chi connectivity index (χ0n) is 11.7. The molecular weight excluding hydrogens is 382 g/mol. The summed E-state index contributed by atoms with van der Waals surface area (Å²) in [6.45, 7) is 0. The van der Waals surface area contributed by atoms with E-state index < -0.39 is 30.7 Å². The molecule has 128 valence electrons. The fraction of sp³-hybridized carbons (Fsp3) is 0. The van der Waals surface area contributed by atoms with Crippen molar-refractivity contribution in [3.05, 3.63) is 57.6 Å². The van der Waals surface area contributed by atoms with E-state index in [0.29, 0.717) is 0 Å². The summed E-state index contributed by atoms with van der Waals surface area (Å²) >= 11 is 5.65. The smallest absolute Gasteiger partial charge is 0.279 e. The summed E-state index contributed by atoms with van der Waals surface area (Å²) in [5.74, 6) is 0. The van der Waals surface area contributed by atoms with Crippen molar-refractivity contribution in [1.82, 2.24) is 0 Å². The van der Waals surface area contributed by atoms with Crippen molar-refractivity contribution in [3.8, 4) is 0 Å². The fourth-order valence-electron chi connectivity index (χ4n) is 1.75. The van der Waals surface area contributed by atoms with Gasteiger partial charge in [0.05, 0.1) is 20.4 Å². The van der Waals surface area contributed by atoms with Crippen molar-refractivity contribution in [2.24, 2.45) is 5.14 Å². The molecule has 0 spiro atoms. The van der Waals surface area contributed by atoms with E-state index in [0.717, 1.165) is 30.3 Å². The number of primary sulfonamides is 1. The highest BCUT2D eigenvalue weighted by molar-refractivity contribution is 7.93. The number of benzene rings is 2. The Kier molecular flexibility index (Phi) is 4.80. The first-order valence-electron chi connectivity index (χ1n) is 6.10. The van der Waals surface area contributed by atoms with Crippen molar-refractivity contribution in [2.75, 3.05) is 4.72 Å². The van der Waals surface area contributed by atoms with Gasteiger partial charge in [-0.2, -0.15) is 0 Å². The van der Waals surface area contributed by atoms with E-state index in [9.17, 15) is 26.9 Å². The van der Waals surface area contributed by atoms with Gasteiger partial charge in [0.2, 0.25) is 10.0 Å². The van der Waals surface area contributed by atoms with E-state index in [1.807, 2.05) is 0 Å². The van der Waals surface area contributed by atoms with Gasteiger partial charge in [-0.25, -0.2) is 22.0 Å². The molecule has 0 aromatic heterocycles. The van der Waals surface area contributed by atoms with E-state index in [4.69, 9.17) is 16.7 Å². The van der Waals surface area contributed by atoms with Crippen molar-refractivity contribution in [2.45, 2.75) is 9.79 Å². The van der Waals surface area contributed by atoms with Gasteiger partial charge in [-0.1, -0.05) is 17.7 Å². The van der Waals surface area contributed by atoms with Crippen LogP contribution in [0.25, 0.3) is 0 Å². The molecule has 0 saturated carbocycles. The Balaban J connectivity index is 2.43. The van der Waals surface area contributed by atoms with Crippen molar-refractivity contribution in [3.63, 3.8) is 0 Å². The third kappa shape index (κ3) is 4.00. The number of hydrogen-bond acceptors (Lipinski definition) is 6. The summed E-state index contributed by atoms with van der Waals surface area (Å²) in [6, 6.07) is 7.72. The van der Waals surface area contributed by atoms with Crippen LogP contribution in [0.1, 0.15) is 0 Å². The number of nitrogens with two attached hydrogens (primary N) is 1. The third-order valence-corrected chi connectivity index (χ3v) is 5.45. The first kappa shape index (κ1) is 18.1. The molecule has 0 unspecified atom stereocenters. The second kappa shape index (κ2) is 6.36. The molecule has 0 bridgehead atoms. The summed E-state index contributed by atoms with van der Waals surface area (Å²) in [5, 5.41) is 15.6. The normalized spacial score (nSPS) is 11.9. The maximum Gasteiger partial charge on any atom is 0.289 e. The Labute approximate surface area is 142 Å². The van der Waals surface area contributed by atoms with Crippen LogP contribution >= 0.6 is 11.6 Å². The molecule has 3 N–H and O–H groups in total. The highest BCUT2D eigenvalue weighted by Crippen LogP contribution is 2.28. The Hall–Kier alpha value is -2.21. The van der Waals surface area contributed by atoms with Crippen LogP contribution in [0.2, 0.25) is 5.02 Å². The lowest BCUT2D eigenvalue weighted by Gasteiger charge is -2.09. The van der Waals surface area contributed by atoms with E-state index in [-0.39, 0.29) is 20.5 Å². The van der Waals surface area contributed by atoms with Crippen molar-refractivity contribution in [1.29, 1.82) is 0 Å². The number of nitrogens with one attached hydrogen (secondary N) is 1. The molecular formula is C12H10ClN3O6S2. The number of nitro benzene ring substituents is 1. The fourth-order valence-corrected chi connectivity index (χ4v) is 3.66. The molecule has 2 aromatic rings. The van der Waals surface area contributed by atoms with Gasteiger partial charge in [0.1, 0.15) is 5.02 Å². The van der Waals surface area contributed by atoms with Crippen LogP contribution in [-0.2, 0) is 20.0 Å². The Bertz CT molecular complexity index is 1020. The molecule has 0 fully saturated rings. The van der Waals surface area contributed by atoms with Crippen LogP contribution in [0.4, 0.5) is 11.4 Å². The maximum atomic E-state index is 12.3. The summed E-state index contributed by atoms with van der Waals surface area (Å²) in [6.07, 6.45) is 0. The second-order valence-corrected chi connectivity index (χ2v) is 8.20. The zero-order chi connectivity index (χ0) is 18.1. The van der Waals surface area contributed by atoms with Gasteiger partial charge < -0.3 is 0 Å². The summed E-state index contributed by atoms with van der Waals surface area (Å²) < 4.78 is 49.3. The first-order chi connectivity index (χ1) is 11.0. The minimum absolute atomic E-state index is 0.105. The second-order valence-electron chi connectivity index (χ2n) is 4.55. The number of rotatable bonds is 5. The van der Waals surface area contributed by atoms with Crippen LogP contribution in [0.3, 0.4) is 0 Å². The first-order valence-corrected chi connectivity index (χ1v) is 9.51. The molecule has 9 nitrogen and oxygen atoms in total. The van der Waals surface area contributed by atoms with E-state index in [1.54, 1.807) is 0 Å². The van der Waals surface area contributed by atoms with Crippen molar-refractivity contribution >= 4 is 43.0 Å². The molecule has 24 heavy (non-hydrogen) atoms. The number of halogens is 1. The average molecular weight is 392 g/mol. The average Bonchev–Trinajstić information content (AvgIpc) is 2.48. The third-order valence-electron chi connectivity index (χ3n) is 2.84. The lowest BCUT2D eigenvalue weighted by molar-refractivity contribution is -0.384. The largest absolute Gasteiger partial charge is 0.289 e. The zero-order valence-corrected chi connectivity index (χ0v) is 14.1. The number of nitrogens with zero attached hydrogens (tertiary/aromatic N) is 1. The highest BCUT2D eigenvalue weighted by atomic mass is 35.5. The molecule has 0 radical (unpaired) electrons. The monoisotopic (exact) mass is 391 g/mol. The van der Waals surface area contributed by atoms with Crippen LogP contribution in [-0.4, -0.2) is 21.8 Å². The van der Waals surface area contributed by atoms with E-state index >= 15 is 0 Å². The van der Waals surface area contributed by atoms with Crippen molar-refractivity contribution < 1.29 is 21.8 Å². The van der Waals surface area contributed by atoms with Gasteiger partial charge >= 0.3 is 0 Å². The highest BCUT2D eigenvalue weighted by Gasteiger charge is 2.20. The molecule has 0 aliphatic heterocycles. The number of nitro groups is 1. The number of anilines is 1. The predicted octanol–water partition coefficient (Wildman–Crippen LogP) is 1.70.